The van der Waals surface area contributed by atoms with Crippen LogP contribution in [0.2, 0.25) is 5.02 Å². The molecule has 1 unspecified atom stereocenters. The molecule has 0 aromatic carbocycles. The van der Waals surface area contributed by atoms with Crippen LogP contribution < -0.4 is 16.8 Å². The molecular formula is C23H36ClN5O3. The molecule has 0 amide bonds. The molecule has 8 nitrogen and oxygen atoms in total. The van der Waals surface area contributed by atoms with Gasteiger partial charge in [-0.2, -0.15) is 0 Å². The highest BCUT2D eigenvalue weighted by Crippen LogP contribution is 2.27. The molecule has 6 N–H and O–H groups in total. The van der Waals surface area contributed by atoms with E-state index in [1.54, 1.807) is 12.1 Å². The smallest absolute Gasteiger partial charge is 0.329 e. The lowest BCUT2D eigenvalue weighted by molar-refractivity contribution is -0.142. The molecule has 3 rings (SSSR count). The molecule has 1 aliphatic rings. The summed E-state index contributed by atoms with van der Waals surface area (Å²) in [5, 5.41) is 12.4. The number of nitrogens with zero attached hydrogens (tertiary/aromatic N) is 2. The number of carboxylic acid groups (broad SMARTS) is 1. The number of rotatable bonds is 7. The predicted molar refractivity (Wildman–Crippen MR) is 131 cm³/mol. The summed E-state index contributed by atoms with van der Waals surface area (Å²) in [6.45, 7) is 6.32. The quantitative estimate of drug-likeness (QED) is 0.472. The Kier molecular flexibility index (Phi) is 13.3. The number of ether oxygens (including phenoxy) is 1. The number of nitrogen functional groups attached to an aromatic ring is 2. The number of hydrogen-bond acceptors (Lipinski definition) is 7. The van der Waals surface area contributed by atoms with Gasteiger partial charge in [-0.25, -0.2) is 14.8 Å². The van der Waals surface area contributed by atoms with Gasteiger partial charge >= 0.3 is 5.97 Å². The predicted octanol–water partition coefficient (Wildman–Crippen LogP) is 4.39. The van der Waals surface area contributed by atoms with Crippen LogP contribution in [0, 0.1) is 0 Å². The highest BCUT2D eigenvalue weighted by molar-refractivity contribution is 6.33. The van der Waals surface area contributed by atoms with E-state index in [4.69, 9.17) is 32.9 Å². The zero-order valence-corrected chi connectivity index (χ0v) is 19.9. The number of anilines is 2. The van der Waals surface area contributed by atoms with Gasteiger partial charge in [0.2, 0.25) is 0 Å². The molecule has 0 saturated heterocycles. The number of halogens is 1. The monoisotopic (exact) mass is 465 g/mol. The second kappa shape index (κ2) is 15.4. The second-order valence-corrected chi connectivity index (χ2v) is 7.76. The molecule has 1 saturated carbocycles. The summed E-state index contributed by atoms with van der Waals surface area (Å²) in [6.07, 6.45) is 7.94. The van der Waals surface area contributed by atoms with Crippen molar-refractivity contribution in [3.8, 4) is 11.3 Å². The lowest BCUT2D eigenvalue weighted by Gasteiger charge is -2.26. The van der Waals surface area contributed by atoms with Crippen molar-refractivity contribution in [2.24, 2.45) is 0 Å². The normalized spacial score (nSPS) is 14.4. The molecule has 32 heavy (non-hydrogen) atoms. The van der Waals surface area contributed by atoms with Gasteiger partial charge in [-0.3, -0.25) is 0 Å². The highest BCUT2D eigenvalue weighted by atomic mass is 35.5. The van der Waals surface area contributed by atoms with Gasteiger partial charge < -0.3 is 26.6 Å². The van der Waals surface area contributed by atoms with Crippen molar-refractivity contribution in [1.82, 2.24) is 15.3 Å². The lowest BCUT2D eigenvalue weighted by Crippen LogP contribution is -2.40. The molecule has 2 aromatic rings. The van der Waals surface area contributed by atoms with Crippen LogP contribution in [0.4, 0.5) is 11.6 Å². The maximum Gasteiger partial charge on any atom is 0.329 e. The van der Waals surface area contributed by atoms with E-state index in [0.717, 1.165) is 5.56 Å². The Morgan fingerprint density at radius 2 is 1.94 bits per heavy atom. The van der Waals surface area contributed by atoms with Gasteiger partial charge in [0.1, 0.15) is 18.2 Å². The van der Waals surface area contributed by atoms with Crippen LogP contribution in [0.15, 0.2) is 30.5 Å². The summed E-state index contributed by atoms with van der Waals surface area (Å²) in [5.41, 5.74) is 12.6. The maximum atomic E-state index is 10.2. The minimum atomic E-state index is -0.903. The molecule has 9 heteroatoms. The number of carboxylic acids is 1. The van der Waals surface area contributed by atoms with Crippen LogP contribution >= 0.6 is 11.6 Å². The summed E-state index contributed by atoms with van der Waals surface area (Å²) < 4.78 is 5.04. The number of pyridine rings is 2. The van der Waals surface area contributed by atoms with Crippen LogP contribution in [0.3, 0.4) is 0 Å². The molecule has 2 heterocycles. The zero-order valence-electron chi connectivity index (χ0n) is 19.2. The Morgan fingerprint density at radius 1 is 1.25 bits per heavy atom. The maximum absolute atomic E-state index is 10.2. The number of aliphatic carboxylic acids is 1. The van der Waals surface area contributed by atoms with Crippen molar-refractivity contribution in [1.29, 1.82) is 0 Å². The molecule has 0 spiro atoms. The van der Waals surface area contributed by atoms with Crippen molar-refractivity contribution >= 4 is 29.2 Å². The van der Waals surface area contributed by atoms with Gasteiger partial charge in [-0.05, 0) is 38.0 Å². The molecule has 1 fully saturated rings. The standard InChI is InChI=1S/C11H21NO3.C10H9ClN4.C2H6/c1-9(7-15-8-11(13)14)12-10-5-3-2-4-6-10;11-7-5-14-10(13)4-6(7)8-2-1-3-9(12)15-8;1-2/h9-10,12H,2-8H2,1H3,(H,13,14);1-5H,(H2,12,15)(H2,13,14);1-2H3. The third-order valence-corrected chi connectivity index (χ3v) is 4.94. The van der Waals surface area contributed by atoms with Crippen LogP contribution in [0.5, 0.6) is 0 Å². The summed E-state index contributed by atoms with van der Waals surface area (Å²) in [4.78, 5) is 18.3. The fourth-order valence-electron chi connectivity index (χ4n) is 3.30. The SMILES string of the molecule is CC.CC(COCC(=O)O)NC1CCCCC1.Nc1cc(-c2cccc(N)n2)c(Cl)cn1. The summed E-state index contributed by atoms with van der Waals surface area (Å²) in [6, 6.07) is 7.85. The summed E-state index contributed by atoms with van der Waals surface area (Å²) in [5.74, 6) is -0.0579. The first-order chi connectivity index (χ1) is 15.3. The van der Waals surface area contributed by atoms with Crippen molar-refractivity contribution in [2.75, 3.05) is 24.7 Å². The van der Waals surface area contributed by atoms with Gasteiger partial charge in [0.15, 0.2) is 0 Å². The van der Waals surface area contributed by atoms with Crippen LogP contribution in [0.1, 0.15) is 52.9 Å². The third kappa shape index (κ3) is 10.7. The first kappa shape index (κ1) is 27.6. The molecule has 2 aromatic heterocycles. The number of aromatic nitrogens is 2. The lowest BCUT2D eigenvalue weighted by atomic mass is 9.95. The topological polar surface area (TPSA) is 136 Å². The average molecular weight is 466 g/mol. The number of nitrogens with one attached hydrogen (secondary N) is 1. The Hall–Kier alpha value is -2.42. The second-order valence-electron chi connectivity index (χ2n) is 7.35. The Bertz CT molecular complexity index is 816. The van der Waals surface area contributed by atoms with Crippen LogP contribution in [0.25, 0.3) is 11.3 Å². The van der Waals surface area contributed by atoms with E-state index in [9.17, 15) is 4.79 Å². The molecule has 0 radical (unpaired) electrons. The van der Waals surface area contributed by atoms with Crippen molar-refractivity contribution in [3.05, 3.63) is 35.5 Å². The van der Waals surface area contributed by atoms with E-state index in [1.165, 1.54) is 38.3 Å². The van der Waals surface area contributed by atoms with Crippen LogP contribution in [-0.2, 0) is 9.53 Å². The van der Waals surface area contributed by atoms with Gasteiger partial charge in [-0.15, -0.1) is 0 Å². The van der Waals surface area contributed by atoms with Crippen LogP contribution in [-0.4, -0.2) is 46.3 Å². The van der Waals surface area contributed by atoms with E-state index in [-0.39, 0.29) is 12.6 Å². The third-order valence-electron chi connectivity index (χ3n) is 4.64. The van der Waals surface area contributed by atoms with E-state index < -0.39 is 5.97 Å². The molecule has 0 bridgehead atoms. The molecule has 1 aliphatic carbocycles. The molecule has 178 valence electrons. The van der Waals surface area contributed by atoms with Gasteiger partial charge in [0.05, 0.1) is 17.3 Å². The number of carbonyl (C=O) groups is 1. The van der Waals surface area contributed by atoms with E-state index >= 15 is 0 Å². The highest BCUT2D eigenvalue weighted by Gasteiger charge is 2.15. The fourth-order valence-corrected chi connectivity index (χ4v) is 3.50. The first-order valence-electron chi connectivity index (χ1n) is 11.0. The number of hydrogen-bond donors (Lipinski definition) is 4. The first-order valence-corrected chi connectivity index (χ1v) is 11.4. The Balaban J connectivity index is 0.000000297. The fraction of sp³-hybridized carbons (Fsp3) is 0.522. The summed E-state index contributed by atoms with van der Waals surface area (Å²) in [7, 11) is 0. The van der Waals surface area contributed by atoms with Gasteiger partial charge in [0, 0.05) is 23.8 Å². The zero-order chi connectivity index (χ0) is 23.9. The van der Waals surface area contributed by atoms with Gasteiger partial charge in [-0.1, -0.05) is 50.8 Å². The average Bonchev–Trinajstić information content (AvgIpc) is 2.78. The van der Waals surface area contributed by atoms with E-state index in [1.807, 2.05) is 32.9 Å². The van der Waals surface area contributed by atoms with Crippen molar-refractivity contribution in [2.45, 2.75) is 65.0 Å². The Labute approximate surface area is 195 Å². The van der Waals surface area contributed by atoms with Gasteiger partial charge in [0.25, 0.3) is 0 Å². The Morgan fingerprint density at radius 3 is 2.56 bits per heavy atom. The van der Waals surface area contributed by atoms with Crippen molar-refractivity contribution < 1.29 is 14.6 Å². The minimum Gasteiger partial charge on any atom is -0.480 e. The summed E-state index contributed by atoms with van der Waals surface area (Å²) >= 11 is 5.98. The molecular weight excluding hydrogens is 430 g/mol. The minimum absolute atomic E-state index is 0.198. The van der Waals surface area contributed by atoms with E-state index in [0.29, 0.717) is 35.0 Å². The molecule has 1 atom stereocenters. The molecule has 0 aliphatic heterocycles. The van der Waals surface area contributed by atoms with Crippen molar-refractivity contribution in [3.63, 3.8) is 0 Å². The largest absolute Gasteiger partial charge is 0.480 e. The van der Waals surface area contributed by atoms with E-state index in [2.05, 4.69) is 15.3 Å². The number of nitrogens with two attached hydrogens (primary N) is 2.